The molecule has 1 heterocycles. The molecule has 0 aromatic heterocycles. The largest absolute Gasteiger partial charge is 0.456 e. The quantitative estimate of drug-likeness (QED) is 0.253. The fourth-order valence-electron chi connectivity index (χ4n) is 5.01. The Morgan fingerprint density at radius 1 is 0.419 bits per heavy atom. The highest BCUT2D eigenvalue weighted by Crippen LogP contribution is 2.48. The maximum absolute atomic E-state index is 6.26. The van der Waals surface area contributed by atoms with Crippen molar-refractivity contribution in [2.45, 2.75) is 0 Å². The van der Waals surface area contributed by atoms with Crippen molar-refractivity contribution in [3.05, 3.63) is 109 Å². The van der Waals surface area contributed by atoms with Gasteiger partial charge in [-0.05, 0) is 61.8 Å². The Labute approximate surface area is 180 Å². The molecule has 0 aliphatic carbocycles. The van der Waals surface area contributed by atoms with Gasteiger partial charge in [0.25, 0.3) is 0 Å². The Bertz CT molecular complexity index is 1660. The maximum atomic E-state index is 6.26. The molecule has 1 aliphatic rings. The lowest BCUT2D eigenvalue weighted by atomic mass is 9.89. The SMILES string of the molecule is c1ccc2c(c1)Oc1ccc(-c3ccc4c(ccc5ccccc54)c3)c3cccc-2c13. The van der Waals surface area contributed by atoms with Gasteiger partial charge < -0.3 is 4.74 Å². The third-order valence-electron chi connectivity index (χ3n) is 6.46. The van der Waals surface area contributed by atoms with Crippen LogP contribution in [0.1, 0.15) is 0 Å². The molecule has 0 radical (unpaired) electrons. The molecule has 0 N–H and O–H groups in total. The van der Waals surface area contributed by atoms with Crippen LogP contribution in [-0.4, -0.2) is 0 Å². The number of hydrogen-bond acceptors (Lipinski definition) is 1. The Morgan fingerprint density at radius 3 is 2.19 bits per heavy atom. The summed E-state index contributed by atoms with van der Waals surface area (Å²) in [6.07, 6.45) is 0. The van der Waals surface area contributed by atoms with Gasteiger partial charge in [-0.2, -0.15) is 0 Å². The molecule has 1 nitrogen and oxygen atoms in total. The highest BCUT2D eigenvalue weighted by Gasteiger charge is 2.21. The second kappa shape index (κ2) is 6.20. The molecule has 0 fully saturated rings. The number of fused-ring (bicyclic) bond motifs is 5. The summed E-state index contributed by atoms with van der Waals surface area (Å²) < 4.78 is 6.26. The van der Waals surface area contributed by atoms with E-state index >= 15 is 0 Å². The molecular formula is C30H18O. The Hall–Kier alpha value is -4.10. The summed E-state index contributed by atoms with van der Waals surface area (Å²) in [5.41, 5.74) is 4.86. The molecule has 31 heavy (non-hydrogen) atoms. The lowest BCUT2D eigenvalue weighted by molar-refractivity contribution is 0.487. The maximum Gasteiger partial charge on any atom is 0.135 e. The zero-order chi connectivity index (χ0) is 20.4. The number of para-hydroxylation sites is 1. The monoisotopic (exact) mass is 394 g/mol. The summed E-state index contributed by atoms with van der Waals surface area (Å²) in [6.45, 7) is 0. The van der Waals surface area contributed by atoms with E-state index in [1.807, 2.05) is 12.1 Å². The van der Waals surface area contributed by atoms with Crippen molar-refractivity contribution >= 4 is 32.3 Å². The van der Waals surface area contributed by atoms with Crippen LogP contribution in [0.5, 0.6) is 11.5 Å². The summed E-state index contributed by atoms with van der Waals surface area (Å²) in [4.78, 5) is 0. The highest BCUT2D eigenvalue weighted by molar-refractivity contribution is 6.12. The van der Waals surface area contributed by atoms with Crippen molar-refractivity contribution in [2.24, 2.45) is 0 Å². The van der Waals surface area contributed by atoms with Crippen molar-refractivity contribution in [1.82, 2.24) is 0 Å². The Balaban J connectivity index is 1.49. The molecule has 144 valence electrons. The van der Waals surface area contributed by atoms with E-state index in [-0.39, 0.29) is 0 Å². The van der Waals surface area contributed by atoms with Crippen LogP contribution in [0.25, 0.3) is 54.6 Å². The predicted molar refractivity (Wildman–Crippen MR) is 130 cm³/mol. The number of rotatable bonds is 1. The third-order valence-corrected chi connectivity index (χ3v) is 6.46. The van der Waals surface area contributed by atoms with E-state index in [0.717, 1.165) is 17.1 Å². The van der Waals surface area contributed by atoms with Crippen LogP contribution >= 0.6 is 0 Å². The second-order valence-corrected chi connectivity index (χ2v) is 8.16. The van der Waals surface area contributed by atoms with Crippen LogP contribution in [0, 0.1) is 0 Å². The van der Waals surface area contributed by atoms with Crippen molar-refractivity contribution in [1.29, 1.82) is 0 Å². The molecule has 0 amide bonds. The first-order valence-corrected chi connectivity index (χ1v) is 10.6. The van der Waals surface area contributed by atoms with E-state index in [4.69, 9.17) is 4.74 Å². The average molecular weight is 394 g/mol. The van der Waals surface area contributed by atoms with Crippen LogP contribution in [0.15, 0.2) is 109 Å². The molecule has 0 atom stereocenters. The summed E-state index contributed by atoms with van der Waals surface area (Å²) >= 11 is 0. The summed E-state index contributed by atoms with van der Waals surface area (Å²) in [5, 5.41) is 7.55. The normalized spacial score (nSPS) is 12.1. The zero-order valence-electron chi connectivity index (χ0n) is 16.8. The van der Waals surface area contributed by atoms with E-state index in [1.165, 1.54) is 49.0 Å². The average Bonchev–Trinajstić information content (AvgIpc) is 2.84. The summed E-state index contributed by atoms with van der Waals surface area (Å²) in [7, 11) is 0. The van der Waals surface area contributed by atoms with Gasteiger partial charge in [0.1, 0.15) is 11.5 Å². The topological polar surface area (TPSA) is 9.23 Å². The standard InChI is InChI=1S/C30H18O/c1-2-7-22-19(6-1)12-13-20-18-21(14-15-23(20)22)24-16-17-29-30-26(24)9-5-10-27(30)25-8-3-4-11-28(25)31-29/h1-18H. The molecule has 6 aromatic carbocycles. The van der Waals surface area contributed by atoms with Gasteiger partial charge in [-0.3, -0.25) is 0 Å². The van der Waals surface area contributed by atoms with Gasteiger partial charge in [0.05, 0.1) is 0 Å². The molecule has 7 rings (SSSR count). The van der Waals surface area contributed by atoms with Crippen LogP contribution < -0.4 is 4.74 Å². The van der Waals surface area contributed by atoms with Crippen molar-refractivity contribution < 1.29 is 4.74 Å². The molecule has 0 saturated heterocycles. The van der Waals surface area contributed by atoms with Gasteiger partial charge in [-0.15, -0.1) is 0 Å². The smallest absolute Gasteiger partial charge is 0.135 e. The first kappa shape index (κ1) is 16.7. The minimum absolute atomic E-state index is 0.924. The molecule has 1 heteroatoms. The molecular weight excluding hydrogens is 376 g/mol. The number of benzene rings is 6. The van der Waals surface area contributed by atoms with Crippen LogP contribution in [0.3, 0.4) is 0 Å². The van der Waals surface area contributed by atoms with Gasteiger partial charge in [-0.1, -0.05) is 91.0 Å². The van der Waals surface area contributed by atoms with Gasteiger partial charge in [-0.25, -0.2) is 0 Å². The predicted octanol–water partition coefficient (Wildman–Crippen LogP) is 8.59. The minimum Gasteiger partial charge on any atom is -0.456 e. The van der Waals surface area contributed by atoms with Crippen LogP contribution in [-0.2, 0) is 0 Å². The Morgan fingerprint density at radius 2 is 1.19 bits per heavy atom. The Kier molecular flexibility index (Phi) is 3.33. The van der Waals surface area contributed by atoms with Crippen molar-refractivity contribution in [3.8, 4) is 33.8 Å². The lowest BCUT2D eigenvalue weighted by Gasteiger charge is -2.22. The van der Waals surface area contributed by atoms with Crippen LogP contribution in [0.4, 0.5) is 0 Å². The van der Waals surface area contributed by atoms with E-state index in [0.29, 0.717) is 0 Å². The minimum atomic E-state index is 0.924. The fourth-order valence-corrected chi connectivity index (χ4v) is 5.01. The fraction of sp³-hybridized carbons (Fsp3) is 0. The second-order valence-electron chi connectivity index (χ2n) is 8.16. The number of hydrogen-bond donors (Lipinski definition) is 0. The van der Waals surface area contributed by atoms with E-state index < -0.39 is 0 Å². The third kappa shape index (κ3) is 2.38. The lowest BCUT2D eigenvalue weighted by Crippen LogP contribution is -1.97. The van der Waals surface area contributed by atoms with E-state index in [1.54, 1.807) is 0 Å². The molecule has 0 saturated carbocycles. The first-order valence-electron chi connectivity index (χ1n) is 10.6. The number of ether oxygens (including phenoxy) is 1. The van der Waals surface area contributed by atoms with Gasteiger partial charge in [0.2, 0.25) is 0 Å². The van der Waals surface area contributed by atoms with E-state index in [9.17, 15) is 0 Å². The van der Waals surface area contributed by atoms with Crippen molar-refractivity contribution in [2.75, 3.05) is 0 Å². The van der Waals surface area contributed by atoms with Crippen molar-refractivity contribution in [3.63, 3.8) is 0 Å². The van der Waals surface area contributed by atoms with Gasteiger partial charge in [0.15, 0.2) is 0 Å². The van der Waals surface area contributed by atoms with E-state index in [2.05, 4.69) is 97.1 Å². The molecule has 0 bridgehead atoms. The van der Waals surface area contributed by atoms with Gasteiger partial charge >= 0.3 is 0 Å². The summed E-state index contributed by atoms with van der Waals surface area (Å²) in [6, 6.07) is 39.0. The molecule has 0 unspecified atom stereocenters. The zero-order valence-corrected chi connectivity index (χ0v) is 16.8. The van der Waals surface area contributed by atoms with Gasteiger partial charge in [0, 0.05) is 10.9 Å². The first-order chi connectivity index (χ1) is 15.4. The molecule has 0 spiro atoms. The molecule has 1 aliphatic heterocycles. The molecule has 6 aromatic rings. The highest BCUT2D eigenvalue weighted by atomic mass is 16.5. The van der Waals surface area contributed by atoms with Crippen LogP contribution in [0.2, 0.25) is 0 Å². The summed E-state index contributed by atoms with van der Waals surface area (Å²) in [5.74, 6) is 1.85.